The van der Waals surface area contributed by atoms with Crippen molar-refractivity contribution in [1.29, 1.82) is 0 Å². The third-order valence-corrected chi connectivity index (χ3v) is 4.73. The predicted octanol–water partition coefficient (Wildman–Crippen LogP) is 3.12. The number of rotatable bonds is 5. The largest absolute Gasteiger partial charge is 0.381 e. The number of ether oxygens (including phenoxy) is 1. The molecule has 3 rings (SSSR count). The van der Waals surface area contributed by atoms with Crippen LogP contribution in [0.15, 0.2) is 24.3 Å². The van der Waals surface area contributed by atoms with E-state index in [4.69, 9.17) is 4.74 Å². The summed E-state index contributed by atoms with van der Waals surface area (Å²) in [5.74, 6) is 1.48. The molecule has 1 aliphatic carbocycles. The van der Waals surface area contributed by atoms with Crippen molar-refractivity contribution in [3.63, 3.8) is 0 Å². The summed E-state index contributed by atoms with van der Waals surface area (Å²) in [5, 5.41) is 3.70. The number of nitrogens with one attached hydrogen (secondary N) is 1. The summed E-state index contributed by atoms with van der Waals surface area (Å²) in [6, 6.07) is 9.55. The van der Waals surface area contributed by atoms with Crippen LogP contribution in [0.1, 0.15) is 43.2 Å². The van der Waals surface area contributed by atoms with Crippen LogP contribution in [0.4, 0.5) is 0 Å². The molecule has 1 aliphatic heterocycles. The Morgan fingerprint density at radius 3 is 3.00 bits per heavy atom. The van der Waals surface area contributed by atoms with Gasteiger partial charge in [-0.2, -0.15) is 0 Å². The van der Waals surface area contributed by atoms with Gasteiger partial charge in [0, 0.05) is 12.6 Å². The molecule has 1 fully saturated rings. The van der Waals surface area contributed by atoms with Crippen molar-refractivity contribution in [3.8, 4) is 0 Å². The lowest BCUT2D eigenvalue weighted by molar-refractivity contribution is 0.0367. The molecule has 104 valence electrons. The van der Waals surface area contributed by atoms with Crippen LogP contribution < -0.4 is 5.32 Å². The summed E-state index contributed by atoms with van der Waals surface area (Å²) in [6.45, 7) is 5.19. The summed E-state index contributed by atoms with van der Waals surface area (Å²) in [7, 11) is 0. The standard InChI is InChI=1S/C17H25NO/c1-2-18-17(14-7-5-9-19-12-14)11-15-10-13-6-3-4-8-16(13)15/h3-4,6,8,14-15,17-18H,2,5,7,9-12H2,1H3. The molecule has 1 N–H and O–H groups in total. The zero-order chi connectivity index (χ0) is 13.1. The van der Waals surface area contributed by atoms with Gasteiger partial charge in [-0.1, -0.05) is 31.2 Å². The molecule has 0 radical (unpaired) electrons. The molecule has 0 bridgehead atoms. The van der Waals surface area contributed by atoms with Crippen LogP contribution in [0.25, 0.3) is 0 Å². The molecule has 0 spiro atoms. The summed E-state index contributed by atoms with van der Waals surface area (Å²) >= 11 is 0. The third kappa shape index (κ3) is 2.85. The Hall–Kier alpha value is -0.860. The van der Waals surface area contributed by atoms with Gasteiger partial charge in [-0.05, 0) is 55.2 Å². The SMILES string of the molecule is CCNC(CC1Cc2ccccc21)C1CCCOC1. The molecule has 1 saturated heterocycles. The topological polar surface area (TPSA) is 21.3 Å². The lowest BCUT2D eigenvalue weighted by atomic mass is 9.72. The maximum absolute atomic E-state index is 5.67. The Bertz CT molecular complexity index is 411. The van der Waals surface area contributed by atoms with Crippen molar-refractivity contribution in [2.24, 2.45) is 5.92 Å². The van der Waals surface area contributed by atoms with E-state index in [2.05, 4.69) is 36.5 Å². The predicted molar refractivity (Wildman–Crippen MR) is 78.5 cm³/mol. The highest BCUT2D eigenvalue weighted by Crippen LogP contribution is 2.39. The average molecular weight is 259 g/mol. The minimum absolute atomic E-state index is 0.628. The van der Waals surface area contributed by atoms with Crippen molar-refractivity contribution < 1.29 is 4.74 Å². The fourth-order valence-electron chi connectivity index (χ4n) is 3.67. The van der Waals surface area contributed by atoms with Crippen LogP contribution in [0, 0.1) is 5.92 Å². The fraction of sp³-hybridized carbons (Fsp3) is 0.647. The van der Waals surface area contributed by atoms with E-state index in [1.807, 2.05) is 0 Å². The second-order valence-corrected chi connectivity index (χ2v) is 5.98. The first-order chi connectivity index (χ1) is 9.38. The second-order valence-electron chi connectivity index (χ2n) is 5.98. The third-order valence-electron chi connectivity index (χ3n) is 4.73. The highest BCUT2D eigenvalue weighted by atomic mass is 16.5. The van der Waals surface area contributed by atoms with Gasteiger partial charge in [0.1, 0.15) is 0 Å². The van der Waals surface area contributed by atoms with E-state index >= 15 is 0 Å². The molecule has 3 atom stereocenters. The first-order valence-electron chi connectivity index (χ1n) is 7.77. The monoisotopic (exact) mass is 259 g/mol. The molecule has 1 heterocycles. The quantitative estimate of drug-likeness (QED) is 0.877. The van der Waals surface area contributed by atoms with Gasteiger partial charge in [0.2, 0.25) is 0 Å². The molecule has 2 heteroatoms. The summed E-state index contributed by atoms with van der Waals surface area (Å²) in [5.41, 5.74) is 3.14. The van der Waals surface area contributed by atoms with Gasteiger partial charge in [0.05, 0.1) is 6.61 Å². The van der Waals surface area contributed by atoms with Crippen molar-refractivity contribution >= 4 is 0 Å². The molecule has 0 amide bonds. The van der Waals surface area contributed by atoms with E-state index in [0.29, 0.717) is 12.0 Å². The Kier molecular flexibility index (Phi) is 4.19. The molecule has 19 heavy (non-hydrogen) atoms. The van der Waals surface area contributed by atoms with Crippen LogP contribution >= 0.6 is 0 Å². The molecule has 3 unspecified atom stereocenters. The van der Waals surface area contributed by atoms with Gasteiger partial charge in [-0.3, -0.25) is 0 Å². The Balaban J connectivity index is 1.62. The number of hydrogen-bond acceptors (Lipinski definition) is 2. The molecule has 1 aromatic carbocycles. The minimum Gasteiger partial charge on any atom is -0.381 e. The van der Waals surface area contributed by atoms with Gasteiger partial charge in [-0.15, -0.1) is 0 Å². The molecule has 2 aliphatic rings. The van der Waals surface area contributed by atoms with E-state index in [1.165, 1.54) is 25.7 Å². The average Bonchev–Trinajstić information content (AvgIpc) is 2.44. The Morgan fingerprint density at radius 2 is 2.26 bits per heavy atom. The molecule has 0 aromatic heterocycles. The van der Waals surface area contributed by atoms with Crippen molar-refractivity contribution in [1.82, 2.24) is 5.32 Å². The maximum atomic E-state index is 5.67. The summed E-state index contributed by atoms with van der Waals surface area (Å²) in [6.07, 6.45) is 5.10. The highest BCUT2D eigenvalue weighted by molar-refractivity contribution is 5.39. The normalized spacial score (nSPS) is 27.4. The van der Waals surface area contributed by atoms with Gasteiger partial charge >= 0.3 is 0 Å². The molecular formula is C17H25NO. The zero-order valence-electron chi connectivity index (χ0n) is 11.9. The molecule has 2 nitrogen and oxygen atoms in total. The molecule has 0 saturated carbocycles. The summed E-state index contributed by atoms with van der Waals surface area (Å²) in [4.78, 5) is 0. The lowest BCUT2D eigenvalue weighted by Crippen LogP contribution is -2.42. The minimum atomic E-state index is 0.628. The number of fused-ring (bicyclic) bond motifs is 1. The van der Waals surface area contributed by atoms with E-state index in [1.54, 1.807) is 11.1 Å². The first-order valence-corrected chi connectivity index (χ1v) is 7.77. The van der Waals surface area contributed by atoms with Gasteiger partial charge < -0.3 is 10.1 Å². The Morgan fingerprint density at radius 1 is 1.37 bits per heavy atom. The van der Waals surface area contributed by atoms with Crippen LogP contribution in [-0.2, 0) is 11.2 Å². The lowest BCUT2D eigenvalue weighted by Gasteiger charge is -2.37. The van der Waals surface area contributed by atoms with Crippen molar-refractivity contribution in [3.05, 3.63) is 35.4 Å². The second kappa shape index (κ2) is 6.06. The highest BCUT2D eigenvalue weighted by Gasteiger charge is 2.31. The van der Waals surface area contributed by atoms with E-state index in [0.717, 1.165) is 25.7 Å². The smallest absolute Gasteiger partial charge is 0.0509 e. The van der Waals surface area contributed by atoms with E-state index in [9.17, 15) is 0 Å². The van der Waals surface area contributed by atoms with Gasteiger partial charge in [0.15, 0.2) is 0 Å². The first kappa shape index (κ1) is 13.1. The van der Waals surface area contributed by atoms with Gasteiger partial charge in [-0.25, -0.2) is 0 Å². The van der Waals surface area contributed by atoms with Crippen LogP contribution in [0.5, 0.6) is 0 Å². The number of benzene rings is 1. The van der Waals surface area contributed by atoms with E-state index in [-0.39, 0.29) is 0 Å². The van der Waals surface area contributed by atoms with Crippen LogP contribution in [0.2, 0.25) is 0 Å². The van der Waals surface area contributed by atoms with Crippen LogP contribution in [-0.4, -0.2) is 25.8 Å². The zero-order valence-corrected chi connectivity index (χ0v) is 11.9. The molecular weight excluding hydrogens is 234 g/mol. The fourth-order valence-corrected chi connectivity index (χ4v) is 3.67. The van der Waals surface area contributed by atoms with Gasteiger partial charge in [0.25, 0.3) is 0 Å². The molecule has 1 aromatic rings. The number of hydrogen-bond donors (Lipinski definition) is 1. The Labute approximate surface area is 116 Å². The van der Waals surface area contributed by atoms with Crippen molar-refractivity contribution in [2.75, 3.05) is 19.8 Å². The van der Waals surface area contributed by atoms with E-state index < -0.39 is 0 Å². The van der Waals surface area contributed by atoms with Crippen LogP contribution in [0.3, 0.4) is 0 Å². The maximum Gasteiger partial charge on any atom is 0.0509 e. The van der Waals surface area contributed by atoms with Crippen molar-refractivity contribution in [2.45, 2.75) is 44.6 Å². The summed E-state index contributed by atoms with van der Waals surface area (Å²) < 4.78 is 5.67.